The molecule has 1 spiro atoms. The van der Waals surface area contributed by atoms with Gasteiger partial charge < -0.3 is 24.8 Å². The van der Waals surface area contributed by atoms with E-state index in [0.29, 0.717) is 24.8 Å². The average molecular weight is 505 g/mol. The fourth-order valence-electron chi connectivity index (χ4n) is 7.75. The molecule has 3 N–H and O–H groups in total. The van der Waals surface area contributed by atoms with Crippen LogP contribution in [0.5, 0.6) is 0 Å². The fraction of sp³-hybridized carbons (Fsp3) is 0.750. The predicted octanol–water partition coefficient (Wildman–Crippen LogP) is 2.63. The second-order valence-corrected chi connectivity index (χ2v) is 11.8. The summed E-state index contributed by atoms with van der Waals surface area (Å²) >= 11 is 0. The maximum Gasteiger partial charge on any atom is 0.306 e. The number of Topliss-reactive ketones (excluding diaryl/α,β-unsaturated/α-hetero) is 1. The standard InChI is InChI=1S/C28H40O8/c1-7-9-19(30)35-24-15(3)12-26-16(4)13-27(36-20(31)10-8-2)21(25(27,5)6)18(23(26)33)11-17(14-29)22(32)28(24,26)34/h11-12,16,18,21-22,24,29,32,34H,7-10,13-14H2,1-6H3/t16-,18+,21-,22-,24+,26+,27+,28+/m1/s1. The molecule has 36 heavy (non-hydrogen) atoms. The minimum absolute atomic E-state index is 0.1000. The zero-order chi connectivity index (χ0) is 26.8. The summed E-state index contributed by atoms with van der Waals surface area (Å²) in [6.45, 7) is 10.6. The third-order valence-corrected chi connectivity index (χ3v) is 9.47. The number of aliphatic hydroxyl groups excluding tert-OH is 2. The number of hydrogen-bond donors (Lipinski definition) is 3. The third-order valence-electron chi connectivity index (χ3n) is 9.47. The summed E-state index contributed by atoms with van der Waals surface area (Å²) in [6.07, 6.45) is 2.20. The van der Waals surface area contributed by atoms with E-state index in [9.17, 15) is 29.7 Å². The van der Waals surface area contributed by atoms with Gasteiger partial charge in [0.05, 0.1) is 12.0 Å². The predicted molar refractivity (Wildman–Crippen MR) is 130 cm³/mol. The molecule has 0 aromatic carbocycles. The molecular formula is C28H40O8. The highest BCUT2D eigenvalue weighted by Gasteiger charge is 2.83. The van der Waals surface area contributed by atoms with E-state index in [-0.39, 0.29) is 36.1 Å². The largest absolute Gasteiger partial charge is 0.458 e. The number of allylic oxidation sites excluding steroid dienone is 1. The molecule has 8 atom stereocenters. The number of esters is 2. The van der Waals surface area contributed by atoms with Gasteiger partial charge in [0.1, 0.15) is 11.7 Å². The van der Waals surface area contributed by atoms with Crippen molar-refractivity contribution in [3.8, 4) is 0 Å². The van der Waals surface area contributed by atoms with Crippen LogP contribution in [0.4, 0.5) is 0 Å². The summed E-state index contributed by atoms with van der Waals surface area (Å²) in [5.41, 5.74) is -4.69. The Balaban J connectivity index is 1.90. The molecule has 0 saturated heterocycles. The minimum Gasteiger partial charge on any atom is -0.458 e. The molecule has 0 aromatic rings. The van der Waals surface area contributed by atoms with Crippen LogP contribution >= 0.6 is 0 Å². The molecule has 0 amide bonds. The van der Waals surface area contributed by atoms with Gasteiger partial charge in [0, 0.05) is 30.1 Å². The molecule has 4 rings (SSSR count). The molecule has 8 heteroatoms. The van der Waals surface area contributed by atoms with Crippen molar-refractivity contribution in [2.24, 2.45) is 28.6 Å². The molecule has 2 fully saturated rings. The van der Waals surface area contributed by atoms with E-state index in [1.54, 1.807) is 19.1 Å². The molecule has 2 saturated carbocycles. The summed E-state index contributed by atoms with van der Waals surface area (Å²) in [4.78, 5) is 39.8. The van der Waals surface area contributed by atoms with Gasteiger partial charge in [0.2, 0.25) is 0 Å². The maximum absolute atomic E-state index is 14.5. The lowest BCUT2D eigenvalue weighted by Gasteiger charge is -2.49. The van der Waals surface area contributed by atoms with Crippen molar-refractivity contribution < 1.29 is 39.2 Å². The monoisotopic (exact) mass is 504 g/mol. The van der Waals surface area contributed by atoms with Gasteiger partial charge in [-0.1, -0.05) is 46.8 Å². The number of ether oxygens (including phenoxy) is 2. The van der Waals surface area contributed by atoms with Crippen LogP contribution in [0.15, 0.2) is 23.3 Å². The summed E-state index contributed by atoms with van der Waals surface area (Å²) in [7, 11) is 0. The molecular weight excluding hydrogens is 464 g/mol. The Morgan fingerprint density at radius 2 is 1.75 bits per heavy atom. The zero-order valence-corrected chi connectivity index (χ0v) is 22.2. The second kappa shape index (κ2) is 8.77. The Morgan fingerprint density at radius 3 is 2.33 bits per heavy atom. The number of fused-ring (bicyclic) bond motifs is 3. The summed E-state index contributed by atoms with van der Waals surface area (Å²) in [5.74, 6) is -2.93. The lowest BCUT2D eigenvalue weighted by atomic mass is 9.59. The van der Waals surface area contributed by atoms with Crippen molar-refractivity contribution >= 4 is 17.7 Å². The molecule has 0 aliphatic heterocycles. The van der Waals surface area contributed by atoms with Gasteiger partial charge in [-0.2, -0.15) is 0 Å². The lowest BCUT2D eigenvalue weighted by molar-refractivity contribution is -0.204. The Kier molecular flexibility index (Phi) is 6.59. The topological polar surface area (TPSA) is 130 Å². The van der Waals surface area contributed by atoms with Crippen molar-refractivity contribution in [3.05, 3.63) is 23.3 Å². The first-order valence-electron chi connectivity index (χ1n) is 13.2. The van der Waals surface area contributed by atoms with Gasteiger partial charge in [-0.05, 0) is 43.3 Å². The first-order valence-corrected chi connectivity index (χ1v) is 13.2. The van der Waals surface area contributed by atoms with E-state index in [2.05, 4.69) is 0 Å². The van der Waals surface area contributed by atoms with E-state index < -0.39 is 58.7 Å². The van der Waals surface area contributed by atoms with E-state index in [0.717, 1.165) is 0 Å². The minimum atomic E-state index is -2.21. The van der Waals surface area contributed by atoms with Gasteiger partial charge in [-0.25, -0.2) is 0 Å². The number of aliphatic hydroxyl groups is 3. The van der Waals surface area contributed by atoms with Crippen molar-refractivity contribution in [1.29, 1.82) is 0 Å². The number of hydrogen-bond acceptors (Lipinski definition) is 8. The molecule has 2 bridgehead atoms. The van der Waals surface area contributed by atoms with Crippen LogP contribution in [0.1, 0.15) is 73.6 Å². The average Bonchev–Trinajstić information content (AvgIpc) is 3.19. The molecule has 0 radical (unpaired) electrons. The summed E-state index contributed by atoms with van der Waals surface area (Å²) in [6, 6.07) is 0. The highest BCUT2D eigenvalue weighted by molar-refractivity contribution is 5.96. The van der Waals surface area contributed by atoms with Crippen LogP contribution in [0.3, 0.4) is 0 Å². The smallest absolute Gasteiger partial charge is 0.306 e. The number of carbonyl (C=O) groups is 3. The Morgan fingerprint density at radius 1 is 1.14 bits per heavy atom. The van der Waals surface area contributed by atoms with Gasteiger partial charge in [0.15, 0.2) is 17.5 Å². The molecule has 8 nitrogen and oxygen atoms in total. The molecule has 0 heterocycles. The first-order chi connectivity index (χ1) is 16.8. The van der Waals surface area contributed by atoms with E-state index in [1.165, 1.54) is 0 Å². The molecule has 200 valence electrons. The van der Waals surface area contributed by atoms with Crippen LogP contribution in [0.25, 0.3) is 0 Å². The molecule has 4 aliphatic carbocycles. The lowest BCUT2D eigenvalue weighted by Crippen LogP contribution is -2.66. The third kappa shape index (κ3) is 3.26. The Labute approximate surface area is 212 Å². The maximum atomic E-state index is 14.5. The highest BCUT2D eigenvalue weighted by Crippen LogP contribution is 2.75. The second-order valence-electron chi connectivity index (χ2n) is 11.8. The Hall–Kier alpha value is -2.03. The van der Waals surface area contributed by atoms with Crippen LogP contribution < -0.4 is 0 Å². The van der Waals surface area contributed by atoms with E-state index in [4.69, 9.17) is 9.47 Å². The number of ketones is 1. The fourth-order valence-corrected chi connectivity index (χ4v) is 7.75. The Bertz CT molecular complexity index is 1030. The highest BCUT2D eigenvalue weighted by atomic mass is 16.6. The zero-order valence-electron chi connectivity index (χ0n) is 22.2. The van der Waals surface area contributed by atoms with Crippen LogP contribution in [-0.4, -0.2) is 63.1 Å². The SMILES string of the molecule is CCCC(=O)O[C@H]1C(C)=C[C@]23C(=O)[C@@H](C=C(CO)[C@@H](O)[C@]12O)[C@@H]1C(C)(C)[C@]1(OC(=O)CCC)C[C@H]3C. The van der Waals surface area contributed by atoms with Crippen molar-refractivity contribution in [2.75, 3.05) is 6.61 Å². The van der Waals surface area contributed by atoms with Crippen molar-refractivity contribution in [3.63, 3.8) is 0 Å². The molecule has 4 aliphatic rings. The van der Waals surface area contributed by atoms with Crippen LogP contribution in [-0.2, 0) is 23.9 Å². The van der Waals surface area contributed by atoms with Crippen LogP contribution in [0, 0.1) is 28.6 Å². The quantitative estimate of drug-likeness (QED) is 0.356. The number of carbonyl (C=O) groups excluding carboxylic acids is 3. The van der Waals surface area contributed by atoms with E-state index >= 15 is 0 Å². The van der Waals surface area contributed by atoms with Gasteiger partial charge in [0.25, 0.3) is 0 Å². The first kappa shape index (κ1) is 27.0. The molecule has 0 aromatic heterocycles. The normalized spacial score (nSPS) is 42.2. The van der Waals surface area contributed by atoms with Gasteiger partial charge in [-0.3, -0.25) is 14.4 Å². The van der Waals surface area contributed by atoms with E-state index in [1.807, 2.05) is 34.6 Å². The van der Waals surface area contributed by atoms with Gasteiger partial charge in [-0.15, -0.1) is 0 Å². The number of rotatable bonds is 7. The van der Waals surface area contributed by atoms with Crippen molar-refractivity contribution in [1.82, 2.24) is 0 Å². The van der Waals surface area contributed by atoms with Crippen molar-refractivity contribution in [2.45, 2.75) is 97.1 Å². The summed E-state index contributed by atoms with van der Waals surface area (Å²) < 4.78 is 11.9. The summed E-state index contributed by atoms with van der Waals surface area (Å²) in [5, 5.41) is 34.2. The molecule has 0 unspecified atom stereocenters. The van der Waals surface area contributed by atoms with Crippen LogP contribution in [0.2, 0.25) is 0 Å². The van der Waals surface area contributed by atoms with Gasteiger partial charge >= 0.3 is 11.9 Å².